The van der Waals surface area contributed by atoms with Gasteiger partial charge in [0.1, 0.15) is 5.60 Å². The molecule has 0 spiro atoms. The first-order valence-corrected chi connectivity index (χ1v) is 9.20. The van der Waals surface area contributed by atoms with Crippen LogP contribution in [0, 0.1) is 29.6 Å². The molecule has 0 amide bonds. The summed E-state index contributed by atoms with van der Waals surface area (Å²) in [7, 11) is 0. The highest BCUT2D eigenvalue weighted by molar-refractivity contribution is 5.93. The molecule has 0 unspecified atom stereocenters. The van der Waals surface area contributed by atoms with Crippen LogP contribution in [-0.4, -0.2) is 16.5 Å². The minimum Gasteiger partial charge on any atom is -0.377 e. The number of fused-ring (bicyclic) bond motifs is 4. The maximum atomic E-state index is 11.7. The summed E-state index contributed by atoms with van der Waals surface area (Å²) in [6.45, 7) is 2.20. The van der Waals surface area contributed by atoms with E-state index >= 15 is 0 Å². The second kappa shape index (κ2) is 5.08. The predicted octanol–water partition coefficient (Wildman–Crippen LogP) is 3.95. The summed E-state index contributed by atoms with van der Waals surface area (Å²) in [5.74, 6) is 4.16. The van der Waals surface area contributed by atoms with Crippen LogP contribution in [0.15, 0.2) is 22.8 Å². The van der Waals surface area contributed by atoms with E-state index in [-0.39, 0.29) is 5.41 Å². The molecule has 2 fully saturated rings. The second-order valence-electron chi connectivity index (χ2n) is 7.94. The summed E-state index contributed by atoms with van der Waals surface area (Å²) in [5.41, 5.74) is 3.39. The monoisotopic (exact) mass is 310 g/mol. The van der Waals surface area contributed by atoms with Gasteiger partial charge in [0.15, 0.2) is 5.78 Å². The Morgan fingerprint density at radius 3 is 2.83 bits per heavy atom. The molecule has 1 N–H and O–H groups in total. The molecule has 0 saturated heterocycles. The van der Waals surface area contributed by atoms with Crippen LogP contribution in [0.1, 0.15) is 64.7 Å². The number of aliphatic hydroxyl groups is 1. The number of ketones is 1. The van der Waals surface area contributed by atoms with Gasteiger partial charge in [-0.1, -0.05) is 18.4 Å². The zero-order chi connectivity index (χ0) is 16.2. The third-order valence-electron chi connectivity index (χ3n) is 7.45. The first kappa shape index (κ1) is 15.2. The highest BCUT2D eigenvalue weighted by Crippen LogP contribution is 2.64. The quantitative estimate of drug-likeness (QED) is 0.745. The summed E-state index contributed by atoms with van der Waals surface area (Å²) in [5, 5.41) is 11.1. The zero-order valence-electron chi connectivity index (χ0n) is 14.0. The summed E-state index contributed by atoms with van der Waals surface area (Å²) in [6.07, 6.45) is 16.3. The van der Waals surface area contributed by atoms with Gasteiger partial charge in [-0.05, 0) is 80.4 Å². The molecule has 4 aliphatic carbocycles. The van der Waals surface area contributed by atoms with Gasteiger partial charge in [0.05, 0.1) is 0 Å². The van der Waals surface area contributed by atoms with Crippen LogP contribution >= 0.6 is 0 Å². The van der Waals surface area contributed by atoms with E-state index in [4.69, 9.17) is 6.42 Å². The number of carbonyl (C=O) groups excluding carboxylic acids is 1. The van der Waals surface area contributed by atoms with E-state index in [0.717, 1.165) is 51.4 Å². The SMILES string of the molecule is C#C[C@]1(O)CC[C@H]2[C@@H]3CCC4=CC(=O)CCC4=C3CC[C@@]21CC. The van der Waals surface area contributed by atoms with Crippen molar-refractivity contribution < 1.29 is 9.90 Å². The van der Waals surface area contributed by atoms with Gasteiger partial charge >= 0.3 is 0 Å². The van der Waals surface area contributed by atoms with Gasteiger partial charge in [-0.2, -0.15) is 0 Å². The molecular weight excluding hydrogens is 284 g/mol. The van der Waals surface area contributed by atoms with E-state index in [1.54, 1.807) is 5.57 Å². The molecule has 4 aliphatic rings. The minimum atomic E-state index is -0.915. The zero-order valence-corrected chi connectivity index (χ0v) is 14.0. The Morgan fingerprint density at radius 2 is 2.09 bits per heavy atom. The van der Waals surface area contributed by atoms with Crippen LogP contribution in [0.25, 0.3) is 0 Å². The average Bonchev–Trinajstić information content (AvgIpc) is 2.88. The van der Waals surface area contributed by atoms with Gasteiger partial charge in [-0.3, -0.25) is 4.79 Å². The van der Waals surface area contributed by atoms with Crippen LogP contribution in [0.5, 0.6) is 0 Å². The summed E-state index contributed by atoms with van der Waals surface area (Å²) in [6, 6.07) is 0. The van der Waals surface area contributed by atoms with E-state index in [2.05, 4.69) is 12.8 Å². The van der Waals surface area contributed by atoms with Gasteiger partial charge < -0.3 is 5.11 Å². The molecule has 0 aromatic carbocycles. The molecule has 2 saturated carbocycles. The van der Waals surface area contributed by atoms with Crippen LogP contribution in [0.4, 0.5) is 0 Å². The normalized spacial score (nSPS) is 42.5. The lowest BCUT2D eigenvalue weighted by Gasteiger charge is -2.52. The van der Waals surface area contributed by atoms with E-state index < -0.39 is 5.60 Å². The minimum absolute atomic E-state index is 0.0951. The molecule has 2 nitrogen and oxygen atoms in total. The third-order valence-corrected chi connectivity index (χ3v) is 7.45. The van der Waals surface area contributed by atoms with Crippen molar-refractivity contribution in [3.05, 3.63) is 22.8 Å². The second-order valence-corrected chi connectivity index (χ2v) is 7.94. The predicted molar refractivity (Wildman–Crippen MR) is 90.5 cm³/mol. The number of rotatable bonds is 1. The Balaban J connectivity index is 1.77. The molecule has 0 bridgehead atoms. The van der Waals surface area contributed by atoms with Crippen molar-refractivity contribution in [2.24, 2.45) is 17.3 Å². The largest absolute Gasteiger partial charge is 0.377 e. The van der Waals surface area contributed by atoms with E-state index in [0.29, 0.717) is 24.0 Å². The topological polar surface area (TPSA) is 37.3 Å². The van der Waals surface area contributed by atoms with Gasteiger partial charge in [-0.25, -0.2) is 0 Å². The highest BCUT2D eigenvalue weighted by atomic mass is 16.3. The molecule has 0 aromatic heterocycles. The lowest BCUT2D eigenvalue weighted by molar-refractivity contribution is -0.114. The molecule has 2 heteroatoms. The Labute approximate surface area is 139 Å². The van der Waals surface area contributed by atoms with Crippen molar-refractivity contribution in [2.75, 3.05) is 0 Å². The fraction of sp³-hybridized carbons (Fsp3) is 0.667. The number of carbonyl (C=O) groups is 1. The van der Waals surface area contributed by atoms with Crippen LogP contribution < -0.4 is 0 Å². The molecule has 0 aromatic rings. The van der Waals surface area contributed by atoms with E-state index in [9.17, 15) is 9.90 Å². The summed E-state index contributed by atoms with van der Waals surface area (Å²) < 4.78 is 0. The number of terminal acetylenes is 1. The molecule has 0 heterocycles. The fourth-order valence-corrected chi connectivity index (χ4v) is 6.32. The van der Waals surface area contributed by atoms with Crippen molar-refractivity contribution in [3.8, 4) is 12.3 Å². The Hall–Kier alpha value is -1.33. The first-order chi connectivity index (χ1) is 11.0. The average molecular weight is 310 g/mol. The van der Waals surface area contributed by atoms with Gasteiger partial charge in [0.2, 0.25) is 0 Å². The maximum absolute atomic E-state index is 11.7. The number of allylic oxidation sites excluding steroid dienone is 4. The summed E-state index contributed by atoms with van der Waals surface area (Å²) >= 11 is 0. The molecule has 23 heavy (non-hydrogen) atoms. The van der Waals surface area contributed by atoms with Gasteiger partial charge in [-0.15, -0.1) is 6.42 Å². The van der Waals surface area contributed by atoms with Crippen LogP contribution in [0.3, 0.4) is 0 Å². The molecule has 4 atom stereocenters. The molecule has 4 rings (SSSR count). The van der Waals surface area contributed by atoms with Crippen molar-refractivity contribution in [3.63, 3.8) is 0 Å². The lowest BCUT2D eigenvalue weighted by atomic mass is 9.53. The van der Waals surface area contributed by atoms with Crippen molar-refractivity contribution >= 4 is 5.78 Å². The van der Waals surface area contributed by atoms with Gasteiger partial charge in [0.25, 0.3) is 0 Å². The Kier molecular flexibility index (Phi) is 3.36. The van der Waals surface area contributed by atoms with Crippen molar-refractivity contribution in [2.45, 2.75) is 70.3 Å². The lowest BCUT2D eigenvalue weighted by Crippen LogP contribution is -2.50. The van der Waals surface area contributed by atoms with Crippen molar-refractivity contribution in [1.82, 2.24) is 0 Å². The van der Waals surface area contributed by atoms with E-state index in [1.165, 1.54) is 11.1 Å². The third kappa shape index (κ3) is 1.89. The first-order valence-electron chi connectivity index (χ1n) is 9.20. The Morgan fingerprint density at radius 1 is 1.26 bits per heavy atom. The molecular formula is C21H26O2. The summed E-state index contributed by atoms with van der Waals surface area (Å²) in [4.78, 5) is 11.7. The fourth-order valence-electron chi connectivity index (χ4n) is 6.32. The van der Waals surface area contributed by atoms with Crippen LogP contribution in [0.2, 0.25) is 0 Å². The maximum Gasteiger partial charge on any atom is 0.156 e. The van der Waals surface area contributed by atoms with Crippen LogP contribution in [-0.2, 0) is 4.79 Å². The van der Waals surface area contributed by atoms with Gasteiger partial charge in [0, 0.05) is 11.8 Å². The molecule has 122 valence electrons. The number of hydrogen-bond donors (Lipinski definition) is 1. The molecule has 0 aliphatic heterocycles. The number of hydrogen-bond acceptors (Lipinski definition) is 2. The standard InChI is InChI=1S/C21H26O2/c1-3-20-11-9-17-16-8-6-15(22)13-14(16)5-7-18(17)19(20)10-12-21(20,23)4-2/h2,13,18-19,23H,3,5-12H2,1H3/t18-,19+,20+,21+/m1/s1. The smallest absolute Gasteiger partial charge is 0.156 e. The molecule has 0 radical (unpaired) electrons. The van der Waals surface area contributed by atoms with Crippen molar-refractivity contribution in [1.29, 1.82) is 0 Å². The highest BCUT2D eigenvalue weighted by Gasteiger charge is 2.61. The Bertz CT molecular complexity index is 662. The van der Waals surface area contributed by atoms with E-state index in [1.807, 2.05) is 6.08 Å².